The average molecular weight is 675 g/mol. The molecule has 0 aliphatic carbocycles. The number of rotatable bonds is 9. The number of alkyl halides is 3. The highest BCUT2D eigenvalue weighted by Crippen LogP contribution is 2.38. The minimum Gasteiger partial charge on any atom is -0.439 e. The van der Waals surface area contributed by atoms with Crippen LogP contribution in [0.25, 0.3) is 0 Å². The summed E-state index contributed by atoms with van der Waals surface area (Å²) >= 11 is 5.55. The number of hydrogen-bond donors (Lipinski definition) is 0. The van der Waals surface area contributed by atoms with Crippen molar-refractivity contribution < 1.29 is 32.2 Å². The van der Waals surface area contributed by atoms with Gasteiger partial charge in [-0.15, -0.1) is 0 Å². The van der Waals surface area contributed by atoms with Gasteiger partial charge in [0.1, 0.15) is 17.1 Å². The lowest BCUT2D eigenvalue weighted by Crippen LogP contribution is -2.42. The number of unbranched alkanes of at least 4 members (excludes halogenated alkanes) is 1. The first-order valence-electron chi connectivity index (χ1n) is 15.9. The molecule has 4 heterocycles. The Labute approximate surface area is 279 Å². The number of pyridine rings is 2. The van der Waals surface area contributed by atoms with Crippen LogP contribution >= 0.6 is 11.6 Å². The molecule has 2 saturated heterocycles. The van der Waals surface area contributed by atoms with Crippen molar-refractivity contribution >= 4 is 29.8 Å². The van der Waals surface area contributed by atoms with Gasteiger partial charge >= 0.3 is 12.3 Å². The molecule has 1 amide bonds. The van der Waals surface area contributed by atoms with Crippen LogP contribution in [0, 0.1) is 20.8 Å². The van der Waals surface area contributed by atoms with E-state index >= 15 is 0 Å². The Hall–Kier alpha value is -3.70. The fourth-order valence-corrected chi connectivity index (χ4v) is 6.07. The molecule has 2 aromatic heterocycles. The molecule has 2 aliphatic rings. The number of anilines is 1. The van der Waals surface area contributed by atoms with Crippen LogP contribution in [-0.4, -0.2) is 59.1 Å². The van der Waals surface area contributed by atoms with Crippen molar-refractivity contribution in [2.45, 2.75) is 91.2 Å². The van der Waals surface area contributed by atoms with E-state index in [9.17, 15) is 22.8 Å². The van der Waals surface area contributed by atoms with Crippen LogP contribution in [0.3, 0.4) is 0 Å². The molecule has 0 unspecified atom stereocenters. The lowest BCUT2D eigenvalue weighted by atomic mass is 9.98. The van der Waals surface area contributed by atoms with Crippen LogP contribution in [0.2, 0.25) is 5.15 Å². The van der Waals surface area contributed by atoms with E-state index in [1.54, 1.807) is 30.2 Å². The van der Waals surface area contributed by atoms with E-state index < -0.39 is 30.0 Å². The van der Waals surface area contributed by atoms with Gasteiger partial charge in [-0.05, 0) is 87.9 Å². The van der Waals surface area contributed by atoms with Gasteiger partial charge in [0.2, 0.25) is 0 Å². The van der Waals surface area contributed by atoms with Crippen molar-refractivity contribution in [2.75, 3.05) is 24.7 Å². The monoisotopic (exact) mass is 674 g/mol. The first kappa shape index (κ1) is 36.1. The zero-order chi connectivity index (χ0) is 34.3. The highest BCUT2D eigenvalue weighted by atomic mass is 35.5. The molecule has 0 bridgehead atoms. The quantitative estimate of drug-likeness (QED) is 0.166. The Morgan fingerprint density at radius 3 is 2.34 bits per heavy atom. The Morgan fingerprint density at radius 1 is 1.02 bits per heavy atom. The van der Waals surface area contributed by atoms with Crippen LogP contribution in [0.5, 0.6) is 0 Å². The summed E-state index contributed by atoms with van der Waals surface area (Å²) in [7, 11) is 0. The highest BCUT2D eigenvalue weighted by molar-refractivity contribution is 6.31. The van der Waals surface area contributed by atoms with E-state index in [4.69, 9.17) is 26.1 Å². The van der Waals surface area contributed by atoms with Gasteiger partial charge < -0.3 is 14.4 Å². The molecule has 254 valence electrons. The fraction of sp³-hybridized carbons (Fsp3) is 0.486. The van der Waals surface area contributed by atoms with E-state index in [0.717, 1.165) is 66.9 Å². The topological polar surface area (TPSA) is 84.9 Å². The van der Waals surface area contributed by atoms with Crippen molar-refractivity contribution in [3.05, 3.63) is 86.8 Å². The summed E-state index contributed by atoms with van der Waals surface area (Å²) in [5.41, 5.74) is 3.36. The number of aryl methyl sites for hydroxylation is 3. The summed E-state index contributed by atoms with van der Waals surface area (Å²) in [5, 5.41) is 0.264. The molecule has 12 heteroatoms. The molecule has 2 fully saturated rings. The summed E-state index contributed by atoms with van der Waals surface area (Å²) < 4.78 is 51.5. The van der Waals surface area contributed by atoms with E-state index in [-0.39, 0.29) is 11.7 Å². The summed E-state index contributed by atoms with van der Waals surface area (Å²) in [6.45, 7) is 12.0. The molecule has 0 radical (unpaired) electrons. The fourth-order valence-electron chi connectivity index (χ4n) is 5.93. The van der Waals surface area contributed by atoms with Crippen LogP contribution < -0.4 is 4.90 Å². The van der Waals surface area contributed by atoms with Gasteiger partial charge in [-0.3, -0.25) is 9.69 Å². The number of cyclic esters (lactones) is 1. The molecule has 2 aliphatic heterocycles. The van der Waals surface area contributed by atoms with Gasteiger partial charge in [-0.2, -0.15) is 13.2 Å². The summed E-state index contributed by atoms with van der Waals surface area (Å²) in [6, 6.07) is 7.44. The molecule has 3 aromatic rings. The maximum atomic E-state index is 13.4. The molecule has 0 saturated carbocycles. The Morgan fingerprint density at radius 2 is 1.70 bits per heavy atom. The first-order chi connectivity index (χ1) is 22.3. The third kappa shape index (κ3) is 9.22. The SMILES string of the molecule is CCCCN(c1ncc(C)cc1CN1C(=O)O[C@H](c2cc(C)cc(C(F)(F)F)c2)[C@@H]1C)C1CCOCC1.Cc1cnc(Cl)c(C=O)c1. The molecule has 2 atom stereocenters. The van der Waals surface area contributed by atoms with Gasteiger partial charge in [0.15, 0.2) is 6.29 Å². The Balaban J connectivity index is 0.000000427. The Kier molecular flexibility index (Phi) is 12.2. The second-order valence-corrected chi connectivity index (χ2v) is 12.6. The minimum absolute atomic E-state index is 0.264. The molecule has 5 rings (SSSR count). The van der Waals surface area contributed by atoms with Crippen LogP contribution in [-0.2, 0) is 22.2 Å². The number of carbonyl (C=O) groups excluding carboxylic acids is 2. The van der Waals surface area contributed by atoms with Crippen LogP contribution in [0.4, 0.5) is 23.8 Å². The van der Waals surface area contributed by atoms with Gasteiger partial charge in [0.05, 0.1) is 23.7 Å². The smallest absolute Gasteiger partial charge is 0.416 e. The van der Waals surface area contributed by atoms with Gasteiger partial charge in [0.25, 0.3) is 0 Å². The minimum atomic E-state index is -4.47. The maximum Gasteiger partial charge on any atom is 0.416 e. The summed E-state index contributed by atoms with van der Waals surface area (Å²) in [5.74, 6) is 0.851. The van der Waals surface area contributed by atoms with Crippen molar-refractivity contribution in [1.29, 1.82) is 0 Å². The zero-order valence-electron chi connectivity index (χ0n) is 27.4. The standard InChI is InChI=1S/C28H36F3N3O3.C7H6ClNO/c1-5-6-9-33(24-7-10-36-11-8-24)26-22(13-19(3)16-32-26)17-34-20(4)25(37-27(34)35)21-12-18(2)14-23(15-21)28(29,30)31;1-5-2-6(4-10)7(8)9-3-5/h12-16,20,24-25H,5-11,17H2,1-4H3;2-4H,1H3/t20-,25-;/m0./s1. The number of aldehydes is 1. The van der Waals surface area contributed by atoms with E-state index in [1.807, 2.05) is 33.0 Å². The third-order valence-electron chi connectivity index (χ3n) is 8.35. The summed E-state index contributed by atoms with van der Waals surface area (Å²) in [4.78, 5) is 35.8. The molecule has 0 spiro atoms. The second kappa shape index (κ2) is 15.9. The predicted octanol–water partition coefficient (Wildman–Crippen LogP) is 8.44. The second-order valence-electron chi connectivity index (χ2n) is 12.2. The molecular formula is C35H42ClF3N4O4. The lowest BCUT2D eigenvalue weighted by molar-refractivity contribution is -0.137. The maximum absolute atomic E-state index is 13.4. The number of nitrogens with zero attached hydrogens (tertiary/aromatic N) is 4. The number of halogens is 4. The van der Waals surface area contributed by atoms with Crippen LogP contribution in [0.15, 0.2) is 42.7 Å². The van der Waals surface area contributed by atoms with Crippen molar-refractivity contribution in [3.63, 3.8) is 0 Å². The van der Waals surface area contributed by atoms with Crippen molar-refractivity contribution in [3.8, 4) is 0 Å². The molecule has 8 nitrogen and oxygen atoms in total. The van der Waals surface area contributed by atoms with E-state index in [1.165, 1.54) is 0 Å². The first-order valence-corrected chi connectivity index (χ1v) is 16.2. The van der Waals surface area contributed by atoms with Crippen molar-refractivity contribution in [1.82, 2.24) is 14.9 Å². The zero-order valence-corrected chi connectivity index (χ0v) is 28.2. The number of carbonyl (C=O) groups is 2. The molecular weight excluding hydrogens is 633 g/mol. The average Bonchev–Trinajstić information content (AvgIpc) is 3.31. The Bertz CT molecular complexity index is 1550. The van der Waals surface area contributed by atoms with Gasteiger partial charge in [0, 0.05) is 43.8 Å². The normalized spacial score (nSPS) is 18.4. The van der Waals surface area contributed by atoms with Crippen LogP contribution in [0.1, 0.15) is 89.4 Å². The number of hydrogen-bond acceptors (Lipinski definition) is 7. The largest absolute Gasteiger partial charge is 0.439 e. The number of benzene rings is 1. The molecule has 47 heavy (non-hydrogen) atoms. The molecule has 0 N–H and O–H groups in total. The van der Waals surface area contributed by atoms with Crippen molar-refractivity contribution in [2.24, 2.45) is 0 Å². The van der Waals surface area contributed by atoms with Gasteiger partial charge in [-0.25, -0.2) is 14.8 Å². The lowest BCUT2D eigenvalue weighted by Gasteiger charge is -2.37. The van der Waals surface area contributed by atoms with E-state index in [0.29, 0.717) is 42.2 Å². The molecule has 1 aromatic carbocycles. The third-order valence-corrected chi connectivity index (χ3v) is 8.67. The highest BCUT2D eigenvalue weighted by Gasteiger charge is 2.41. The number of amides is 1. The number of ether oxygens (including phenoxy) is 2. The van der Waals surface area contributed by atoms with Gasteiger partial charge in [-0.1, -0.05) is 36.6 Å². The van der Waals surface area contributed by atoms with E-state index in [2.05, 4.69) is 16.8 Å². The summed E-state index contributed by atoms with van der Waals surface area (Å²) in [6.07, 6.45) is 2.26. The number of aromatic nitrogens is 2. The predicted molar refractivity (Wildman–Crippen MR) is 175 cm³/mol.